The van der Waals surface area contributed by atoms with Gasteiger partial charge < -0.3 is 5.11 Å². The van der Waals surface area contributed by atoms with Crippen molar-refractivity contribution in [1.82, 2.24) is 9.44 Å². The molecule has 12 heavy (non-hydrogen) atoms. The van der Waals surface area contributed by atoms with Gasteiger partial charge in [0.25, 0.3) is 10.2 Å². The molecule has 0 unspecified atom stereocenters. The highest BCUT2D eigenvalue weighted by molar-refractivity contribution is 7.87. The van der Waals surface area contributed by atoms with Crippen LogP contribution in [0.15, 0.2) is 0 Å². The van der Waals surface area contributed by atoms with Crippen LogP contribution in [0.3, 0.4) is 0 Å². The summed E-state index contributed by atoms with van der Waals surface area (Å²) in [5.74, 6) is 0. The first kappa shape index (κ1) is 11.8. The van der Waals surface area contributed by atoms with Crippen molar-refractivity contribution in [3.63, 3.8) is 0 Å². The molecule has 0 rings (SSSR count). The Bertz CT molecular complexity index is 191. The van der Waals surface area contributed by atoms with Gasteiger partial charge in [-0.25, -0.2) is 9.44 Å². The van der Waals surface area contributed by atoms with Gasteiger partial charge >= 0.3 is 0 Å². The molecule has 0 aromatic rings. The fourth-order valence-corrected chi connectivity index (χ4v) is 1.56. The van der Waals surface area contributed by atoms with E-state index in [2.05, 4.69) is 9.44 Å². The molecular formula is C6H16N2O3S. The van der Waals surface area contributed by atoms with Gasteiger partial charge in [0.15, 0.2) is 0 Å². The summed E-state index contributed by atoms with van der Waals surface area (Å²) in [7, 11) is -3.33. The van der Waals surface area contributed by atoms with Gasteiger partial charge in [-0.2, -0.15) is 8.42 Å². The molecule has 0 bridgehead atoms. The minimum Gasteiger partial charge on any atom is -0.396 e. The van der Waals surface area contributed by atoms with Crippen molar-refractivity contribution in [2.24, 2.45) is 0 Å². The Kier molecular flexibility index (Phi) is 6.27. The lowest BCUT2D eigenvalue weighted by Crippen LogP contribution is -2.37. The molecule has 0 amide bonds. The van der Waals surface area contributed by atoms with Gasteiger partial charge in [-0.15, -0.1) is 0 Å². The van der Waals surface area contributed by atoms with Gasteiger partial charge in [-0.1, -0.05) is 6.92 Å². The van der Waals surface area contributed by atoms with Crippen molar-refractivity contribution in [1.29, 1.82) is 0 Å². The molecule has 0 atom stereocenters. The molecule has 0 aromatic carbocycles. The Morgan fingerprint density at radius 1 is 1.25 bits per heavy atom. The maximum atomic E-state index is 11.0. The number of hydrogen-bond acceptors (Lipinski definition) is 3. The van der Waals surface area contributed by atoms with E-state index in [1.54, 1.807) is 0 Å². The van der Waals surface area contributed by atoms with Crippen LogP contribution in [0.5, 0.6) is 0 Å². The van der Waals surface area contributed by atoms with Crippen molar-refractivity contribution in [2.45, 2.75) is 19.8 Å². The zero-order valence-electron chi connectivity index (χ0n) is 7.21. The minimum atomic E-state index is -3.33. The van der Waals surface area contributed by atoms with Crippen LogP contribution in [0.1, 0.15) is 19.8 Å². The predicted octanol–water partition coefficient (Wildman–Crippen LogP) is -0.797. The first-order chi connectivity index (χ1) is 5.62. The van der Waals surface area contributed by atoms with Crippen molar-refractivity contribution in [2.75, 3.05) is 19.7 Å². The molecule has 0 heterocycles. The Morgan fingerprint density at radius 3 is 2.33 bits per heavy atom. The van der Waals surface area contributed by atoms with Crippen LogP contribution in [0.2, 0.25) is 0 Å². The van der Waals surface area contributed by atoms with E-state index in [1.807, 2.05) is 6.92 Å². The van der Waals surface area contributed by atoms with E-state index in [4.69, 9.17) is 5.11 Å². The van der Waals surface area contributed by atoms with Gasteiger partial charge in [-0.3, -0.25) is 0 Å². The summed E-state index contributed by atoms with van der Waals surface area (Å²) in [4.78, 5) is 0. The number of nitrogens with one attached hydrogen (secondary N) is 2. The van der Waals surface area contributed by atoms with Gasteiger partial charge in [0.1, 0.15) is 0 Å². The lowest BCUT2D eigenvalue weighted by Gasteiger charge is -2.05. The van der Waals surface area contributed by atoms with E-state index < -0.39 is 10.2 Å². The molecule has 0 aliphatic carbocycles. The monoisotopic (exact) mass is 196 g/mol. The Morgan fingerprint density at radius 2 is 1.83 bits per heavy atom. The van der Waals surface area contributed by atoms with Crippen LogP contribution in [-0.4, -0.2) is 33.2 Å². The smallest absolute Gasteiger partial charge is 0.276 e. The largest absolute Gasteiger partial charge is 0.396 e. The van der Waals surface area contributed by atoms with Gasteiger partial charge in [0.2, 0.25) is 0 Å². The minimum absolute atomic E-state index is 0.00367. The highest BCUT2D eigenvalue weighted by Crippen LogP contribution is 1.80. The molecule has 0 saturated heterocycles. The zero-order valence-corrected chi connectivity index (χ0v) is 8.02. The van der Waals surface area contributed by atoms with Crippen LogP contribution in [0, 0.1) is 0 Å². The second-order valence-electron chi connectivity index (χ2n) is 2.37. The summed E-state index contributed by atoms with van der Waals surface area (Å²) >= 11 is 0. The molecule has 0 spiro atoms. The maximum absolute atomic E-state index is 11.0. The van der Waals surface area contributed by atoms with E-state index >= 15 is 0 Å². The third-order valence-corrected chi connectivity index (χ3v) is 2.34. The van der Waals surface area contributed by atoms with Gasteiger partial charge in [0.05, 0.1) is 0 Å². The Hall–Kier alpha value is -0.170. The molecule has 0 aromatic heterocycles. The normalized spacial score (nSPS) is 11.8. The second-order valence-corrected chi connectivity index (χ2v) is 3.95. The summed E-state index contributed by atoms with van der Waals surface area (Å²) in [5.41, 5.74) is 0. The lowest BCUT2D eigenvalue weighted by atomic mass is 10.5. The molecule has 0 fully saturated rings. The SMILES string of the molecule is CCCNS(=O)(=O)NCCCO. The van der Waals surface area contributed by atoms with Crippen LogP contribution in [0.4, 0.5) is 0 Å². The predicted molar refractivity (Wildman–Crippen MR) is 46.9 cm³/mol. The van der Waals surface area contributed by atoms with Crippen molar-refractivity contribution in [3.8, 4) is 0 Å². The fourth-order valence-electron chi connectivity index (χ4n) is 0.573. The van der Waals surface area contributed by atoms with Gasteiger partial charge in [-0.05, 0) is 12.8 Å². The van der Waals surface area contributed by atoms with Crippen LogP contribution >= 0.6 is 0 Å². The molecule has 0 radical (unpaired) electrons. The van der Waals surface area contributed by atoms with E-state index in [1.165, 1.54) is 0 Å². The number of aliphatic hydroxyl groups excluding tert-OH is 1. The highest BCUT2D eigenvalue weighted by Gasteiger charge is 2.05. The van der Waals surface area contributed by atoms with E-state index in [0.717, 1.165) is 6.42 Å². The fraction of sp³-hybridized carbons (Fsp3) is 1.00. The second kappa shape index (κ2) is 6.36. The third-order valence-electron chi connectivity index (χ3n) is 1.17. The lowest BCUT2D eigenvalue weighted by molar-refractivity contribution is 0.289. The average molecular weight is 196 g/mol. The average Bonchev–Trinajstić information content (AvgIpc) is 2.01. The zero-order chi connectivity index (χ0) is 9.45. The molecule has 6 heteroatoms. The summed E-state index contributed by atoms with van der Waals surface area (Å²) in [6.45, 7) is 2.59. The van der Waals surface area contributed by atoms with Gasteiger partial charge in [0, 0.05) is 19.7 Å². The van der Waals surface area contributed by atoms with Crippen molar-refractivity contribution >= 4 is 10.2 Å². The quantitative estimate of drug-likeness (QED) is 0.467. The van der Waals surface area contributed by atoms with E-state index in [0.29, 0.717) is 13.0 Å². The standard InChI is InChI=1S/C6H16N2O3S/c1-2-4-7-12(10,11)8-5-3-6-9/h7-9H,2-6H2,1H3. The van der Waals surface area contributed by atoms with E-state index in [-0.39, 0.29) is 13.2 Å². The molecule has 0 saturated carbocycles. The Labute approximate surface area is 73.4 Å². The van der Waals surface area contributed by atoms with Crippen molar-refractivity contribution in [3.05, 3.63) is 0 Å². The number of rotatable bonds is 7. The molecule has 0 aliphatic rings. The molecule has 3 N–H and O–H groups in total. The maximum Gasteiger partial charge on any atom is 0.276 e. The van der Waals surface area contributed by atoms with E-state index in [9.17, 15) is 8.42 Å². The summed E-state index contributed by atoms with van der Waals surface area (Å²) in [5, 5.41) is 8.38. The van der Waals surface area contributed by atoms with Crippen molar-refractivity contribution < 1.29 is 13.5 Å². The first-order valence-electron chi connectivity index (χ1n) is 3.97. The molecular weight excluding hydrogens is 180 g/mol. The summed E-state index contributed by atoms with van der Waals surface area (Å²) in [6.07, 6.45) is 1.20. The molecule has 74 valence electrons. The van der Waals surface area contributed by atoms with Crippen LogP contribution < -0.4 is 9.44 Å². The number of hydrogen-bond donors (Lipinski definition) is 3. The highest BCUT2D eigenvalue weighted by atomic mass is 32.2. The molecule has 0 aliphatic heterocycles. The third kappa shape index (κ3) is 6.53. The summed E-state index contributed by atoms with van der Waals surface area (Å²) in [6, 6.07) is 0. The number of aliphatic hydroxyl groups is 1. The topological polar surface area (TPSA) is 78.4 Å². The van der Waals surface area contributed by atoms with Crippen LogP contribution in [-0.2, 0) is 10.2 Å². The summed E-state index contributed by atoms with van der Waals surface area (Å²) < 4.78 is 26.6. The van der Waals surface area contributed by atoms with Crippen LogP contribution in [0.25, 0.3) is 0 Å². The Balaban J connectivity index is 3.58. The first-order valence-corrected chi connectivity index (χ1v) is 5.46. The molecule has 5 nitrogen and oxygen atoms in total.